The summed E-state index contributed by atoms with van der Waals surface area (Å²) in [5.41, 5.74) is 0. The molecule has 0 saturated heterocycles. The van der Waals surface area contributed by atoms with Crippen LogP contribution in [-0.2, 0) is 14.2 Å². The minimum Gasteiger partial charge on any atom is -0.853 e. The average Bonchev–Trinajstić information content (AvgIpc) is 2.41. The van der Waals surface area contributed by atoms with Crippen LogP contribution in [0.15, 0.2) is 0 Å². The smallest absolute Gasteiger partial charge is 0.853 e. The molecule has 0 aliphatic carbocycles. The van der Waals surface area contributed by atoms with Gasteiger partial charge in [0.2, 0.25) is 0 Å². The second kappa shape index (κ2) is 26.8. The summed E-state index contributed by atoms with van der Waals surface area (Å²) in [6, 6.07) is 0. The Hall–Kier alpha value is 0.955. The van der Waals surface area contributed by atoms with Gasteiger partial charge < -0.3 is 29.5 Å². The molecule has 0 rings (SSSR count). The van der Waals surface area contributed by atoms with E-state index < -0.39 is 0 Å². The van der Waals surface area contributed by atoms with Gasteiger partial charge in [-0.05, 0) is 41.5 Å². The fourth-order valence-electron chi connectivity index (χ4n) is 0.851. The van der Waals surface area contributed by atoms with Crippen molar-refractivity contribution in [3.05, 3.63) is 0 Å². The van der Waals surface area contributed by atoms with Gasteiger partial charge in [-0.3, -0.25) is 0 Å². The van der Waals surface area contributed by atoms with Gasteiger partial charge in [-0.2, -0.15) is 0 Å². The predicted molar refractivity (Wildman–Crippen MR) is 77.9 cm³/mol. The molecule has 0 N–H and O–H groups in total. The molecule has 0 aromatic heterocycles. The minimum absolute atomic E-state index is 0. The Bertz CT molecular complexity index is 140. The van der Waals surface area contributed by atoms with Crippen molar-refractivity contribution in [2.75, 3.05) is 39.6 Å². The third-order valence-electron chi connectivity index (χ3n) is 1.60. The summed E-state index contributed by atoms with van der Waals surface area (Å²) < 4.78 is 14.6. The van der Waals surface area contributed by atoms with E-state index in [-0.39, 0.29) is 73.7 Å². The summed E-state index contributed by atoms with van der Waals surface area (Å²) >= 11 is 0. The van der Waals surface area contributed by atoms with Crippen LogP contribution >= 0.6 is 0 Å². The topological polar surface area (TPSA) is 96.9 Å². The molecule has 0 bridgehead atoms. The molecular weight excluding hydrogens is 415 g/mol. The van der Waals surface area contributed by atoms with Gasteiger partial charge in [-0.25, -0.2) is 0 Å². The molecule has 7 heteroatoms. The van der Waals surface area contributed by atoms with E-state index in [4.69, 9.17) is 14.2 Å². The zero-order chi connectivity index (χ0) is 17.1. The van der Waals surface area contributed by atoms with Crippen molar-refractivity contribution in [1.29, 1.82) is 0 Å². The van der Waals surface area contributed by atoms with Crippen molar-refractivity contribution in [2.45, 2.75) is 59.9 Å². The third kappa shape index (κ3) is 49.7. The Morgan fingerprint density at radius 1 is 0.545 bits per heavy atom. The Balaban J connectivity index is -0.000000108. The number of hydrogen-bond donors (Lipinski definition) is 0. The van der Waals surface area contributed by atoms with Gasteiger partial charge in [-0.1, -0.05) is 0 Å². The molecule has 0 amide bonds. The fourth-order valence-corrected chi connectivity index (χ4v) is 0.851. The van der Waals surface area contributed by atoms with Crippen LogP contribution in [0.1, 0.15) is 41.5 Å². The van der Waals surface area contributed by atoms with Gasteiger partial charge in [-0.15, -0.1) is 19.8 Å². The van der Waals surface area contributed by atoms with Crippen LogP contribution in [0, 0.1) is 35.6 Å². The molecule has 22 heavy (non-hydrogen) atoms. The maximum atomic E-state index is 9.71. The van der Waals surface area contributed by atoms with Crippen LogP contribution in [0.2, 0.25) is 0 Å². The van der Waals surface area contributed by atoms with Crippen molar-refractivity contribution < 1.29 is 65.1 Å². The first-order valence-electron chi connectivity index (χ1n) is 7.40. The molecule has 0 fully saturated rings. The maximum absolute atomic E-state index is 9.71. The van der Waals surface area contributed by atoms with Crippen molar-refractivity contribution in [1.82, 2.24) is 0 Å². The van der Waals surface area contributed by atoms with Gasteiger partial charge in [0.25, 0.3) is 0 Å². The summed E-state index contributed by atoms with van der Waals surface area (Å²) in [5.74, 6) is 0. The van der Waals surface area contributed by atoms with Gasteiger partial charge in [0, 0.05) is 19.8 Å². The van der Waals surface area contributed by atoms with Gasteiger partial charge in [0.1, 0.15) is 0 Å². The van der Waals surface area contributed by atoms with Crippen LogP contribution in [0.25, 0.3) is 0 Å². The zero-order valence-corrected chi connectivity index (χ0v) is 18.6. The summed E-state index contributed by atoms with van der Waals surface area (Å²) in [7, 11) is 0. The van der Waals surface area contributed by atoms with Gasteiger partial charge in [0.15, 0.2) is 0 Å². The Labute approximate surface area is 164 Å². The SMILES string of the molecule is CC(C)OCC[O-].CC(C)OCC[O-].CC(C)OCC[O-].[La+3]. The number of ether oxygens (including phenoxy) is 3. The van der Waals surface area contributed by atoms with E-state index in [1.165, 1.54) is 0 Å². The summed E-state index contributed by atoms with van der Waals surface area (Å²) in [6.07, 6.45) is 0.608. The first kappa shape index (κ1) is 30.8. The minimum atomic E-state index is -0.127. The van der Waals surface area contributed by atoms with E-state index >= 15 is 0 Å². The largest absolute Gasteiger partial charge is 3.00 e. The monoisotopic (exact) mass is 448 g/mol. The molecule has 0 heterocycles. The summed E-state index contributed by atoms with van der Waals surface area (Å²) in [6.45, 7) is 12.1. The molecular formula is C15H33LaO6. The molecule has 0 aliphatic heterocycles. The van der Waals surface area contributed by atoms with Crippen LogP contribution in [0.4, 0.5) is 0 Å². The van der Waals surface area contributed by atoms with Crippen molar-refractivity contribution in [3.63, 3.8) is 0 Å². The molecule has 0 atom stereocenters. The second-order valence-electron chi connectivity index (χ2n) is 4.87. The molecule has 0 radical (unpaired) electrons. The van der Waals surface area contributed by atoms with Crippen LogP contribution < -0.4 is 15.3 Å². The summed E-state index contributed by atoms with van der Waals surface area (Å²) in [5, 5.41) is 29.1. The summed E-state index contributed by atoms with van der Waals surface area (Å²) in [4.78, 5) is 0. The molecule has 6 nitrogen and oxygen atoms in total. The second-order valence-corrected chi connectivity index (χ2v) is 4.87. The Kier molecular flexibility index (Phi) is 37.6. The quantitative estimate of drug-likeness (QED) is 0.464. The van der Waals surface area contributed by atoms with Gasteiger partial charge in [0.05, 0.1) is 18.3 Å². The standard InChI is InChI=1S/3C5H11O2.La/c3*1-5(2)7-4-3-6;/h3*5H,3-4H2,1-2H3;/q3*-1;+3. The molecule has 0 saturated carbocycles. The third-order valence-corrected chi connectivity index (χ3v) is 1.60. The Morgan fingerprint density at radius 2 is 0.727 bits per heavy atom. The van der Waals surface area contributed by atoms with Crippen molar-refractivity contribution >= 4 is 0 Å². The zero-order valence-electron chi connectivity index (χ0n) is 15.0. The van der Waals surface area contributed by atoms with E-state index in [1.807, 2.05) is 41.5 Å². The van der Waals surface area contributed by atoms with Gasteiger partial charge >= 0.3 is 35.6 Å². The molecule has 132 valence electrons. The van der Waals surface area contributed by atoms with E-state index in [0.29, 0.717) is 19.8 Å². The predicted octanol–water partition coefficient (Wildman–Crippen LogP) is -0.685. The first-order chi connectivity index (χ1) is 9.81. The molecule has 0 aromatic carbocycles. The number of hydrogen-bond acceptors (Lipinski definition) is 6. The molecule has 0 unspecified atom stereocenters. The average molecular weight is 448 g/mol. The molecule has 0 aromatic rings. The van der Waals surface area contributed by atoms with Crippen LogP contribution in [0.5, 0.6) is 0 Å². The van der Waals surface area contributed by atoms with Crippen molar-refractivity contribution in [2.24, 2.45) is 0 Å². The normalized spacial score (nSPS) is 9.82. The molecule has 0 spiro atoms. The van der Waals surface area contributed by atoms with E-state index in [0.717, 1.165) is 0 Å². The van der Waals surface area contributed by atoms with E-state index in [9.17, 15) is 15.3 Å². The van der Waals surface area contributed by atoms with Crippen molar-refractivity contribution in [3.8, 4) is 0 Å². The fraction of sp³-hybridized carbons (Fsp3) is 1.00. The molecule has 0 aliphatic rings. The van der Waals surface area contributed by atoms with E-state index in [1.54, 1.807) is 0 Å². The maximum Gasteiger partial charge on any atom is 3.00 e. The van der Waals surface area contributed by atoms with Crippen LogP contribution in [0.3, 0.4) is 0 Å². The van der Waals surface area contributed by atoms with Crippen LogP contribution in [-0.4, -0.2) is 58.0 Å². The number of rotatable bonds is 9. The Morgan fingerprint density at radius 3 is 0.773 bits per heavy atom. The first-order valence-corrected chi connectivity index (χ1v) is 7.40. The van der Waals surface area contributed by atoms with E-state index in [2.05, 4.69) is 0 Å².